The molecule has 6 nitrogen and oxygen atoms in total. The topological polar surface area (TPSA) is 78.9 Å². The largest absolute Gasteiger partial charge is 0.462 e. The van der Waals surface area contributed by atoms with Crippen molar-refractivity contribution in [2.45, 2.75) is 341 Å². The number of rotatable bonds is 59. The molecule has 0 saturated carbocycles. The van der Waals surface area contributed by atoms with Crippen LogP contribution in [0, 0.1) is 0 Å². The molecular formula is C68H122O6. The lowest BCUT2D eigenvalue weighted by atomic mass is 10.0. The van der Waals surface area contributed by atoms with E-state index in [1.807, 2.05) is 0 Å². The highest BCUT2D eigenvalue weighted by Crippen LogP contribution is 2.17. The van der Waals surface area contributed by atoms with Gasteiger partial charge >= 0.3 is 17.9 Å². The molecule has 0 bridgehead atoms. The average Bonchev–Trinajstić information content (AvgIpc) is 3.40. The molecule has 0 aliphatic carbocycles. The second-order valence-electron chi connectivity index (χ2n) is 21.6. The number of carbonyl (C=O) groups excluding carboxylic acids is 3. The summed E-state index contributed by atoms with van der Waals surface area (Å²) in [6.45, 7) is 6.54. The molecule has 1 unspecified atom stereocenters. The van der Waals surface area contributed by atoms with Gasteiger partial charge in [0.05, 0.1) is 0 Å². The molecule has 0 spiro atoms. The molecule has 0 N–H and O–H groups in total. The zero-order chi connectivity index (χ0) is 53.6. The minimum atomic E-state index is -0.781. The molecule has 0 amide bonds. The average molecular weight is 1040 g/mol. The predicted octanol–water partition coefficient (Wildman–Crippen LogP) is 21.9. The van der Waals surface area contributed by atoms with Crippen LogP contribution in [0.5, 0.6) is 0 Å². The van der Waals surface area contributed by atoms with Gasteiger partial charge in [-0.2, -0.15) is 0 Å². The van der Waals surface area contributed by atoms with E-state index in [-0.39, 0.29) is 31.1 Å². The number of hydrogen-bond donors (Lipinski definition) is 0. The Kier molecular flexibility index (Phi) is 60.2. The number of unbranched alkanes of at least 4 members (excludes halogenated alkanes) is 38. The van der Waals surface area contributed by atoms with E-state index in [1.165, 1.54) is 199 Å². The number of esters is 3. The van der Waals surface area contributed by atoms with Crippen LogP contribution < -0.4 is 0 Å². The Morgan fingerprint density at radius 2 is 0.527 bits per heavy atom. The quantitative estimate of drug-likeness (QED) is 0.0261. The second kappa shape index (κ2) is 62.6. The van der Waals surface area contributed by atoms with E-state index in [2.05, 4.69) is 81.5 Å². The highest BCUT2D eigenvalue weighted by Gasteiger charge is 2.19. The van der Waals surface area contributed by atoms with Crippen molar-refractivity contribution in [3.05, 3.63) is 60.8 Å². The van der Waals surface area contributed by atoms with Gasteiger partial charge in [-0.15, -0.1) is 0 Å². The van der Waals surface area contributed by atoms with Crippen molar-refractivity contribution in [1.29, 1.82) is 0 Å². The van der Waals surface area contributed by atoms with Gasteiger partial charge in [-0.3, -0.25) is 14.4 Å². The van der Waals surface area contributed by atoms with Crippen molar-refractivity contribution in [2.75, 3.05) is 13.2 Å². The third kappa shape index (κ3) is 60.0. The first kappa shape index (κ1) is 71.1. The molecule has 0 radical (unpaired) electrons. The van der Waals surface area contributed by atoms with E-state index >= 15 is 0 Å². The molecule has 0 saturated heterocycles. The van der Waals surface area contributed by atoms with E-state index in [1.54, 1.807) is 0 Å². The van der Waals surface area contributed by atoms with Crippen LogP contribution in [0.3, 0.4) is 0 Å². The fourth-order valence-electron chi connectivity index (χ4n) is 9.43. The molecule has 0 aromatic heterocycles. The zero-order valence-electron chi connectivity index (χ0n) is 49.4. The summed E-state index contributed by atoms with van der Waals surface area (Å²) in [5.41, 5.74) is 0. The van der Waals surface area contributed by atoms with Crippen LogP contribution >= 0.6 is 0 Å². The molecular weight excluding hydrogens is 913 g/mol. The first-order valence-electron chi connectivity index (χ1n) is 32.3. The van der Waals surface area contributed by atoms with Gasteiger partial charge < -0.3 is 14.2 Å². The van der Waals surface area contributed by atoms with Crippen molar-refractivity contribution >= 4 is 17.9 Å². The molecule has 1 atom stereocenters. The van der Waals surface area contributed by atoms with Crippen molar-refractivity contribution in [3.8, 4) is 0 Å². The van der Waals surface area contributed by atoms with Gasteiger partial charge in [0.1, 0.15) is 13.2 Å². The fourth-order valence-corrected chi connectivity index (χ4v) is 9.43. The van der Waals surface area contributed by atoms with E-state index < -0.39 is 6.10 Å². The maximum Gasteiger partial charge on any atom is 0.306 e. The standard InChI is InChI=1S/C68H122O6/c1-4-7-10-13-16-19-22-25-27-29-31-33-34-36-37-39-41-43-46-49-52-55-58-61-67(70)73-64-65(63-72-66(69)60-57-54-51-48-45-24-21-18-15-12-9-6-3)74-68(71)62-59-56-53-50-47-44-42-40-38-35-32-30-28-26-23-20-17-14-11-8-5-2/h8,11,17-18,20-21,26,28,32,35,65H,4-7,9-10,12-16,19,22-25,27,29-31,33-34,36-64H2,1-3H3/b11-8-,20-17-,21-18-,28-26-,35-32-. The molecule has 0 aromatic rings. The van der Waals surface area contributed by atoms with Gasteiger partial charge in [-0.05, 0) is 83.5 Å². The Hall–Kier alpha value is -2.89. The first-order chi connectivity index (χ1) is 36.5. The number of allylic oxidation sites excluding steroid dienone is 10. The fraction of sp³-hybridized carbons (Fsp3) is 0.809. The Morgan fingerprint density at radius 1 is 0.284 bits per heavy atom. The van der Waals surface area contributed by atoms with Crippen molar-refractivity contribution < 1.29 is 28.6 Å². The highest BCUT2D eigenvalue weighted by atomic mass is 16.6. The molecule has 74 heavy (non-hydrogen) atoms. The molecule has 430 valence electrons. The van der Waals surface area contributed by atoms with Gasteiger partial charge in [0, 0.05) is 19.3 Å². The van der Waals surface area contributed by atoms with Crippen molar-refractivity contribution in [3.63, 3.8) is 0 Å². The SMILES string of the molecule is CC/C=C\C/C=C\C/C=C\C/C=C\CCCCCCCCCCC(=O)OC(COC(=O)CCCCCCC/C=C\CCCCC)COC(=O)CCCCCCCCCCCCCCCCCCCCCCCCC. The lowest BCUT2D eigenvalue weighted by Gasteiger charge is -2.18. The monoisotopic (exact) mass is 1030 g/mol. The summed E-state index contributed by atoms with van der Waals surface area (Å²) < 4.78 is 16.9. The number of hydrogen-bond acceptors (Lipinski definition) is 6. The summed E-state index contributed by atoms with van der Waals surface area (Å²) in [6, 6.07) is 0. The normalized spacial score (nSPS) is 12.4. The van der Waals surface area contributed by atoms with Gasteiger partial charge in [0.25, 0.3) is 0 Å². The molecule has 0 aliphatic rings. The van der Waals surface area contributed by atoms with E-state index in [0.717, 1.165) is 96.3 Å². The number of ether oxygens (including phenoxy) is 3. The zero-order valence-corrected chi connectivity index (χ0v) is 49.4. The molecule has 0 aromatic carbocycles. The Bertz CT molecular complexity index is 1330. The van der Waals surface area contributed by atoms with Crippen LogP contribution in [0.25, 0.3) is 0 Å². The summed E-state index contributed by atoms with van der Waals surface area (Å²) in [4.78, 5) is 38.3. The van der Waals surface area contributed by atoms with Crippen LogP contribution in [-0.2, 0) is 28.6 Å². The lowest BCUT2D eigenvalue weighted by molar-refractivity contribution is -0.167. The molecule has 0 fully saturated rings. The Morgan fingerprint density at radius 3 is 0.865 bits per heavy atom. The summed E-state index contributed by atoms with van der Waals surface area (Å²) in [5.74, 6) is -0.877. The summed E-state index contributed by atoms with van der Waals surface area (Å²) >= 11 is 0. The third-order valence-corrected chi connectivity index (χ3v) is 14.3. The second-order valence-corrected chi connectivity index (χ2v) is 21.6. The maximum absolute atomic E-state index is 12.9. The predicted molar refractivity (Wildman–Crippen MR) is 321 cm³/mol. The molecule has 6 heteroatoms. The Balaban J connectivity index is 4.28. The number of carbonyl (C=O) groups is 3. The minimum absolute atomic E-state index is 0.0768. The Labute approximate surface area is 460 Å². The lowest BCUT2D eigenvalue weighted by Crippen LogP contribution is -2.30. The van der Waals surface area contributed by atoms with Crippen LogP contribution in [0.15, 0.2) is 60.8 Å². The summed E-state index contributed by atoms with van der Waals surface area (Å²) in [7, 11) is 0. The van der Waals surface area contributed by atoms with Gasteiger partial charge in [-0.25, -0.2) is 0 Å². The van der Waals surface area contributed by atoms with E-state index in [4.69, 9.17) is 14.2 Å². The first-order valence-corrected chi connectivity index (χ1v) is 32.3. The minimum Gasteiger partial charge on any atom is -0.462 e. The van der Waals surface area contributed by atoms with E-state index in [9.17, 15) is 14.4 Å². The van der Waals surface area contributed by atoms with Gasteiger partial charge in [0.15, 0.2) is 6.10 Å². The van der Waals surface area contributed by atoms with E-state index in [0.29, 0.717) is 19.3 Å². The van der Waals surface area contributed by atoms with Crippen LogP contribution in [-0.4, -0.2) is 37.2 Å². The summed E-state index contributed by atoms with van der Waals surface area (Å²) in [5, 5.41) is 0. The highest BCUT2D eigenvalue weighted by molar-refractivity contribution is 5.71. The summed E-state index contributed by atoms with van der Waals surface area (Å²) in [6.07, 6.45) is 79.5. The van der Waals surface area contributed by atoms with Crippen molar-refractivity contribution in [2.24, 2.45) is 0 Å². The smallest absolute Gasteiger partial charge is 0.306 e. The van der Waals surface area contributed by atoms with Gasteiger partial charge in [-0.1, -0.05) is 293 Å². The van der Waals surface area contributed by atoms with Crippen LogP contribution in [0.2, 0.25) is 0 Å². The maximum atomic E-state index is 12.9. The molecule has 0 heterocycles. The molecule has 0 rings (SSSR count). The van der Waals surface area contributed by atoms with Gasteiger partial charge in [0.2, 0.25) is 0 Å². The van der Waals surface area contributed by atoms with Crippen molar-refractivity contribution in [1.82, 2.24) is 0 Å². The van der Waals surface area contributed by atoms with Crippen LogP contribution in [0.4, 0.5) is 0 Å². The van der Waals surface area contributed by atoms with Crippen LogP contribution in [0.1, 0.15) is 335 Å². The molecule has 0 aliphatic heterocycles. The third-order valence-electron chi connectivity index (χ3n) is 14.3.